The van der Waals surface area contributed by atoms with Gasteiger partial charge in [0.25, 0.3) is 11.8 Å². The van der Waals surface area contributed by atoms with E-state index in [1.807, 2.05) is 42.6 Å². The van der Waals surface area contributed by atoms with E-state index in [0.717, 1.165) is 84.9 Å². The molecule has 6 heterocycles. The van der Waals surface area contributed by atoms with Crippen LogP contribution in [-0.2, 0) is 21.6 Å². The van der Waals surface area contributed by atoms with Crippen molar-refractivity contribution in [3.8, 4) is 11.8 Å². The summed E-state index contributed by atoms with van der Waals surface area (Å²) in [4.78, 5) is 71.2. The number of imide groups is 2. The van der Waals surface area contributed by atoms with Crippen LogP contribution >= 0.6 is 11.6 Å². The molecule has 14 nitrogen and oxygen atoms in total. The fraction of sp³-hybridized carbons (Fsp3) is 0.481. The Morgan fingerprint density at radius 2 is 1.55 bits per heavy atom. The second-order valence-corrected chi connectivity index (χ2v) is 20.6. The minimum absolute atomic E-state index is 0.104. The summed E-state index contributed by atoms with van der Waals surface area (Å²) in [5, 5.41) is 12.3. The standard InChI is InChI=1S/C52H58ClN9O5/c1-51(2,37-25-35(29-54)26-38(53)27-37)36-3-6-42(7-4-36)67-31-39-13-18-55-50(56-39)61-32-52(33-61)16-11-40(12-17-52)59-19-14-34(15-20-59)30-58-21-23-60(24-22-58)41-5-8-43-44(28-41)49(66)62(48(43)65)45-9-10-46(63)57-47(45)64/h3-8,13,18,25-28,34,40,45H,9-12,14-17,19-24,30-33H2,1-2H3,(H,57,63,64). The maximum atomic E-state index is 13.4. The molecule has 5 fully saturated rings. The third-order valence-electron chi connectivity index (χ3n) is 15.6. The zero-order chi connectivity index (χ0) is 46.5. The molecule has 1 saturated carbocycles. The van der Waals surface area contributed by atoms with E-state index < -0.39 is 23.8 Å². The number of fused-ring (bicyclic) bond motifs is 1. The molecular formula is C52H58ClN9O5. The molecule has 4 amide bonds. The van der Waals surface area contributed by atoms with Crippen LogP contribution in [0, 0.1) is 22.7 Å². The van der Waals surface area contributed by atoms with Gasteiger partial charge in [0, 0.05) is 86.0 Å². The number of nitriles is 1. The van der Waals surface area contributed by atoms with Crippen molar-refractivity contribution in [2.75, 3.05) is 68.7 Å². The van der Waals surface area contributed by atoms with Crippen molar-refractivity contribution in [3.05, 3.63) is 111 Å². The molecule has 1 atom stereocenters. The van der Waals surface area contributed by atoms with Crippen molar-refractivity contribution < 1.29 is 23.9 Å². The van der Waals surface area contributed by atoms with E-state index in [4.69, 9.17) is 21.3 Å². The number of piperazine rings is 1. The molecule has 15 heteroatoms. The van der Waals surface area contributed by atoms with Crippen molar-refractivity contribution in [3.63, 3.8) is 0 Å². The van der Waals surface area contributed by atoms with Gasteiger partial charge in [-0.3, -0.25) is 34.3 Å². The van der Waals surface area contributed by atoms with Crippen molar-refractivity contribution in [1.82, 2.24) is 30.0 Å². The summed E-state index contributed by atoms with van der Waals surface area (Å²) in [5.74, 6) is 0.334. The first-order chi connectivity index (χ1) is 32.3. The molecule has 10 rings (SSSR count). The lowest BCUT2D eigenvalue weighted by atomic mass is 9.67. The number of benzene rings is 3. The molecule has 6 aliphatic rings. The van der Waals surface area contributed by atoms with E-state index in [9.17, 15) is 24.4 Å². The Labute approximate surface area is 397 Å². The van der Waals surface area contributed by atoms with Crippen LogP contribution in [0.25, 0.3) is 0 Å². The fourth-order valence-electron chi connectivity index (χ4n) is 11.4. The van der Waals surface area contributed by atoms with Crippen LogP contribution < -0.4 is 19.9 Å². The van der Waals surface area contributed by atoms with E-state index in [1.165, 1.54) is 51.6 Å². The lowest BCUT2D eigenvalue weighted by Gasteiger charge is -2.54. The monoisotopic (exact) mass is 923 g/mol. The smallest absolute Gasteiger partial charge is 0.262 e. The number of hydrogen-bond acceptors (Lipinski definition) is 12. The average molecular weight is 925 g/mol. The Bertz CT molecular complexity index is 2600. The molecule has 67 heavy (non-hydrogen) atoms. The van der Waals surface area contributed by atoms with Gasteiger partial charge in [-0.2, -0.15) is 5.26 Å². The summed E-state index contributed by atoms with van der Waals surface area (Å²) in [6.45, 7) is 13.7. The molecule has 0 radical (unpaired) electrons. The highest BCUT2D eigenvalue weighted by atomic mass is 35.5. The molecule has 3 aromatic carbocycles. The minimum Gasteiger partial charge on any atom is -0.487 e. The molecule has 4 saturated heterocycles. The Balaban J connectivity index is 0.638. The van der Waals surface area contributed by atoms with Crippen molar-refractivity contribution >= 4 is 46.9 Å². The highest BCUT2D eigenvalue weighted by molar-refractivity contribution is 6.30. The lowest BCUT2D eigenvalue weighted by Crippen LogP contribution is -2.59. The number of nitrogens with one attached hydrogen (secondary N) is 1. The highest BCUT2D eigenvalue weighted by Gasteiger charge is 2.48. The van der Waals surface area contributed by atoms with E-state index in [2.05, 4.69) is 61.9 Å². The van der Waals surface area contributed by atoms with Gasteiger partial charge in [0.05, 0.1) is 28.5 Å². The number of hydrogen-bond donors (Lipinski definition) is 1. The number of rotatable bonds is 11. The first-order valence-corrected chi connectivity index (χ1v) is 24.3. The van der Waals surface area contributed by atoms with Gasteiger partial charge in [-0.15, -0.1) is 0 Å². The zero-order valence-corrected chi connectivity index (χ0v) is 39.1. The summed E-state index contributed by atoms with van der Waals surface area (Å²) in [6, 6.07) is 22.8. The fourth-order valence-corrected chi connectivity index (χ4v) is 11.7. The third kappa shape index (κ3) is 9.13. The number of piperidine rings is 2. The number of ether oxygens (including phenoxy) is 1. The highest BCUT2D eigenvalue weighted by Crippen LogP contribution is 2.46. The van der Waals surface area contributed by atoms with Crippen molar-refractivity contribution in [2.45, 2.75) is 89.3 Å². The number of anilines is 2. The first-order valence-electron chi connectivity index (χ1n) is 23.9. The molecule has 348 valence electrons. The quantitative estimate of drug-likeness (QED) is 0.162. The van der Waals surface area contributed by atoms with Gasteiger partial charge >= 0.3 is 0 Å². The number of aromatic nitrogens is 2. The van der Waals surface area contributed by atoms with Gasteiger partial charge in [-0.05, 0) is 130 Å². The number of halogens is 1. The predicted molar refractivity (Wildman–Crippen MR) is 254 cm³/mol. The summed E-state index contributed by atoms with van der Waals surface area (Å²) < 4.78 is 6.17. The lowest BCUT2D eigenvalue weighted by molar-refractivity contribution is -0.136. The zero-order valence-electron chi connectivity index (χ0n) is 38.4. The van der Waals surface area contributed by atoms with Gasteiger partial charge in [0.1, 0.15) is 18.4 Å². The van der Waals surface area contributed by atoms with Gasteiger partial charge in [-0.25, -0.2) is 9.97 Å². The number of nitrogens with zero attached hydrogens (tertiary/aromatic N) is 8. The van der Waals surface area contributed by atoms with Crippen LogP contribution in [0.2, 0.25) is 5.02 Å². The van der Waals surface area contributed by atoms with Gasteiger partial charge in [0.2, 0.25) is 17.8 Å². The second-order valence-electron chi connectivity index (χ2n) is 20.2. The maximum Gasteiger partial charge on any atom is 0.262 e. The Hall–Kier alpha value is -5.88. The van der Waals surface area contributed by atoms with E-state index in [1.54, 1.807) is 18.2 Å². The predicted octanol–water partition coefficient (Wildman–Crippen LogP) is 6.59. The Kier molecular flexibility index (Phi) is 12.3. The van der Waals surface area contributed by atoms with Crippen LogP contribution in [0.3, 0.4) is 0 Å². The number of carbonyl (C=O) groups is 4. The van der Waals surface area contributed by atoms with Crippen LogP contribution in [0.1, 0.15) is 108 Å². The molecule has 0 bridgehead atoms. The van der Waals surface area contributed by atoms with Crippen LogP contribution in [0.4, 0.5) is 11.6 Å². The van der Waals surface area contributed by atoms with Crippen molar-refractivity contribution in [2.24, 2.45) is 11.3 Å². The van der Waals surface area contributed by atoms with Crippen LogP contribution in [0.5, 0.6) is 5.75 Å². The molecule has 1 aromatic heterocycles. The Morgan fingerprint density at radius 1 is 0.821 bits per heavy atom. The van der Waals surface area contributed by atoms with Gasteiger partial charge < -0.3 is 19.4 Å². The van der Waals surface area contributed by atoms with E-state index in [-0.39, 0.29) is 24.2 Å². The molecule has 1 aliphatic carbocycles. The summed E-state index contributed by atoms with van der Waals surface area (Å²) >= 11 is 6.32. The summed E-state index contributed by atoms with van der Waals surface area (Å²) in [7, 11) is 0. The van der Waals surface area contributed by atoms with E-state index >= 15 is 0 Å². The summed E-state index contributed by atoms with van der Waals surface area (Å²) in [5.41, 5.74) is 5.06. The average Bonchev–Trinajstić information content (AvgIpc) is 3.58. The number of carbonyl (C=O) groups excluding carboxylic acids is 4. The Morgan fingerprint density at radius 3 is 2.27 bits per heavy atom. The third-order valence-corrected chi connectivity index (χ3v) is 15.8. The largest absolute Gasteiger partial charge is 0.487 e. The van der Waals surface area contributed by atoms with Gasteiger partial charge in [0.15, 0.2) is 0 Å². The second kappa shape index (κ2) is 18.3. The van der Waals surface area contributed by atoms with Crippen molar-refractivity contribution in [1.29, 1.82) is 5.26 Å². The molecule has 5 aliphatic heterocycles. The molecule has 4 aromatic rings. The number of likely N-dealkylation sites (tertiary alicyclic amines) is 1. The van der Waals surface area contributed by atoms with Crippen LogP contribution in [0.15, 0.2) is 72.9 Å². The van der Waals surface area contributed by atoms with Crippen LogP contribution in [-0.4, -0.2) is 119 Å². The summed E-state index contributed by atoms with van der Waals surface area (Å²) in [6.07, 6.45) is 9.56. The molecule has 1 unspecified atom stereocenters. The van der Waals surface area contributed by atoms with Gasteiger partial charge in [-0.1, -0.05) is 37.6 Å². The number of amides is 4. The molecular weight excluding hydrogens is 866 g/mol. The topological polar surface area (TPSA) is 155 Å². The minimum atomic E-state index is -0.959. The molecule has 1 spiro atoms. The normalized spacial score (nSPS) is 21.9. The molecule has 1 N–H and O–H groups in total. The van der Waals surface area contributed by atoms with E-state index in [0.29, 0.717) is 45.7 Å². The maximum absolute atomic E-state index is 13.4. The first kappa shape index (κ1) is 44.9. The SMILES string of the molecule is CC(C)(c1ccc(OCc2ccnc(N3CC4(CCC(N5CCC(CN6CCN(c7ccc8c(c7)C(=O)N(C7CCC(=O)NC7=O)C8=O)CC6)CC5)CC4)C3)n2)cc1)c1cc(Cl)cc(C#N)c1.